The highest BCUT2D eigenvalue weighted by atomic mass is 16.2. The van der Waals surface area contributed by atoms with E-state index < -0.39 is 0 Å². The first kappa shape index (κ1) is 14.8. The van der Waals surface area contributed by atoms with Crippen molar-refractivity contribution < 1.29 is 4.79 Å². The molecule has 1 saturated heterocycles. The second kappa shape index (κ2) is 6.20. The van der Waals surface area contributed by atoms with Gasteiger partial charge in [-0.25, -0.2) is 9.97 Å². The van der Waals surface area contributed by atoms with Gasteiger partial charge in [0.05, 0.1) is 11.9 Å². The average molecular weight is 276 g/mol. The molecule has 5 nitrogen and oxygen atoms in total. The molecule has 1 amide bonds. The number of amides is 1. The molecule has 1 aromatic rings. The number of carbonyl (C=O) groups excluding carboxylic acids is 1. The lowest BCUT2D eigenvalue weighted by Gasteiger charge is -2.32. The second-order valence-corrected chi connectivity index (χ2v) is 5.85. The van der Waals surface area contributed by atoms with Crippen LogP contribution in [0.3, 0.4) is 0 Å². The quantitative estimate of drug-likeness (QED) is 0.920. The first-order valence-electron chi connectivity index (χ1n) is 7.44. The molecule has 1 atom stereocenters. The number of nitrogens with zero attached hydrogens (tertiary/aromatic N) is 3. The summed E-state index contributed by atoms with van der Waals surface area (Å²) in [4.78, 5) is 23.1. The maximum absolute atomic E-state index is 12.6. The third kappa shape index (κ3) is 3.08. The smallest absolute Gasteiger partial charge is 0.274 e. The third-order valence-electron chi connectivity index (χ3n) is 3.94. The number of carbonyl (C=O) groups is 1. The van der Waals surface area contributed by atoms with Gasteiger partial charge in [-0.2, -0.15) is 0 Å². The van der Waals surface area contributed by atoms with Crippen molar-refractivity contribution in [3.05, 3.63) is 17.7 Å². The van der Waals surface area contributed by atoms with Crippen molar-refractivity contribution in [3.8, 4) is 0 Å². The Hall–Kier alpha value is -1.65. The summed E-state index contributed by atoms with van der Waals surface area (Å²) in [5.74, 6) is 1.41. The van der Waals surface area contributed by atoms with E-state index in [1.807, 2.05) is 18.7 Å². The van der Waals surface area contributed by atoms with Crippen molar-refractivity contribution in [2.45, 2.75) is 46.0 Å². The third-order valence-corrected chi connectivity index (χ3v) is 3.94. The number of rotatable bonds is 3. The highest BCUT2D eigenvalue weighted by Crippen LogP contribution is 2.22. The molecule has 1 fully saturated rings. The zero-order valence-corrected chi connectivity index (χ0v) is 12.6. The number of likely N-dealkylation sites (tertiary alicyclic amines) is 1. The number of piperidine rings is 1. The Morgan fingerprint density at radius 2 is 2.30 bits per heavy atom. The van der Waals surface area contributed by atoms with Crippen LogP contribution in [0.4, 0.5) is 5.69 Å². The fourth-order valence-corrected chi connectivity index (χ4v) is 2.59. The molecule has 5 heteroatoms. The molecule has 2 heterocycles. The normalized spacial score (nSPS) is 19.4. The number of anilines is 1. The Morgan fingerprint density at radius 1 is 1.55 bits per heavy atom. The van der Waals surface area contributed by atoms with Crippen LogP contribution in [0.25, 0.3) is 0 Å². The molecule has 1 aliphatic rings. The molecule has 0 aromatic carbocycles. The van der Waals surface area contributed by atoms with Gasteiger partial charge in [0.2, 0.25) is 0 Å². The van der Waals surface area contributed by atoms with Gasteiger partial charge < -0.3 is 10.6 Å². The number of hydrogen-bond acceptors (Lipinski definition) is 4. The Bertz CT molecular complexity index is 487. The number of hydrogen-bond donors (Lipinski definition) is 1. The van der Waals surface area contributed by atoms with Crippen LogP contribution in [0.15, 0.2) is 6.20 Å². The minimum absolute atomic E-state index is 0.0510. The Balaban J connectivity index is 2.21. The Morgan fingerprint density at radius 3 is 2.95 bits per heavy atom. The molecule has 0 radical (unpaired) electrons. The molecule has 2 rings (SSSR count). The molecule has 1 aliphatic heterocycles. The summed E-state index contributed by atoms with van der Waals surface area (Å²) in [6.45, 7) is 7.81. The van der Waals surface area contributed by atoms with E-state index in [-0.39, 0.29) is 11.8 Å². The molecule has 0 aliphatic carbocycles. The molecule has 0 saturated carbocycles. The number of nitrogen functional groups attached to an aromatic ring is 1. The Labute approximate surface area is 120 Å². The first-order chi connectivity index (χ1) is 9.52. The van der Waals surface area contributed by atoms with E-state index in [4.69, 9.17) is 5.73 Å². The van der Waals surface area contributed by atoms with Gasteiger partial charge in [0, 0.05) is 19.0 Å². The van der Waals surface area contributed by atoms with Gasteiger partial charge in [0.1, 0.15) is 5.82 Å². The van der Waals surface area contributed by atoms with E-state index >= 15 is 0 Å². The molecule has 1 aromatic heterocycles. The summed E-state index contributed by atoms with van der Waals surface area (Å²) in [5, 5.41) is 0. The first-order valence-corrected chi connectivity index (χ1v) is 7.44. The Kier molecular flexibility index (Phi) is 4.57. The predicted molar refractivity (Wildman–Crippen MR) is 79.5 cm³/mol. The van der Waals surface area contributed by atoms with Gasteiger partial charge in [0.15, 0.2) is 5.69 Å². The van der Waals surface area contributed by atoms with Gasteiger partial charge >= 0.3 is 0 Å². The van der Waals surface area contributed by atoms with Crippen LogP contribution in [0.5, 0.6) is 0 Å². The van der Waals surface area contributed by atoms with Crippen LogP contribution in [0, 0.1) is 5.92 Å². The van der Waals surface area contributed by atoms with Crippen molar-refractivity contribution in [2.24, 2.45) is 5.92 Å². The predicted octanol–water partition coefficient (Wildman–Crippen LogP) is 2.44. The van der Waals surface area contributed by atoms with Crippen molar-refractivity contribution in [1.29, 1.82) is 0 Å². The minimum Gasteiger partial charge on any atom is -0.396 e. The maximum atomic E-state index is 12.6. The summed E-state index contributed by atoms with van der Waals surface area (Å²) in [6.07, 6.45) is 4.93. The van der Waals surface area contributed by atoms with Crippen LogP contribution in [-0.4, -0.2) is 33.9 Å². The lowest BCUT2D eigenvalue weighted by atomic mass is 9.95. The fourth-order valence-electron chi connectivity index (χ4n) is 2.59. The summed E-state index contributed by atoms with van der Waals surface area (Å²) in [7, 11) is 0. The minimum atomic E-state index is -0.0510. The number of aromatic nitrogens is 2. The van der Waals surface area contributed by atoms with Crippen LogP contribution < -0.4 is 5.73 Å². The molecule has 0 bridgehead atoms. The largest absolute Gasteiger partial charge is 0.396 e. The molecule has 0 spiro atoms. The molecular weight excluding hydrogens is 252 g/mol. The van der Waals surface area contributed by atoms with Crippen molar-refractivity contribution >= 4 is 11.6 Å². The van der Waals surface area contributed by atoms with E-state index in [1.165, 1.54) is 6.42 Å². The van der Waals surface area contributed by atoms with E-state index in [9.17, 15) is 4.79 Å². The lowest BCUT2D eigenvalue weighted by molar-refractivity contribution is 0.0666. The fraction of sp³-hybridized carbons (Fsp3) is 0.667. The molecule has 2 N–H and O–H groups in total. The van der Waals surface area contributed by atoms with E-state index in [0.717, 1.165) is 25.9 Å². The maximum Gasteiger partial charge on any atom is 0.274 e. The van der Waals surface area contributed by atoms with Crippen molar-refractivity contribution in [3.63, 3.8) is 0 Å². The summed E-state index contributed by atoms with van der Waals surface area (Å²) < 4.78 is 0. The van der Waals surface area contributed by atoms with Crippen LogP contribution >= 0.6 is 0 Å². The topological polar surface area (TPSA) is 72.1 Å². The second-order valence-electron chi connectivity index (χ2n) is 5.85. The van der Waals surface area contributed by atoms with Gasteiger partial charge in [-0.1, -0.05) is 27.2 Å². The van der Waals surface area contributed by atoms with E-state index in [0.29, 0.717) is 23.1 Å². The van der Waals surface area contributed by atoms with Crippen molar-refractivity contribution in [1.82, 2.24) is 14.9 Å². The van der Waals surface area contributed by atoms with Crippen LogP contribution in [0.2, 0.25) is 0 Å². The molecule has 1 unspecified atom stereocenters. The van der Waals surface area contributed by atoms with E-state index in [1.54, 1.807) is 6.20 Å². The highest BCUT2D eigenvalue weighted by molar-refractivity contribution is 5.97. The van der Waals surface area contributed by atoms with Gasteiger partial charge in [0.25, 0.3) is 5.91 Å². The lowest BCUT2D eigenvalue weighted by Crippen LogP contribution is -2.40. The summed E-state index contributed by atoms with van der Waals surface area (Å²) in [6, 6.07) is 0. The van der Waals surface area contributed by atoms with Gasteiger partial charge in [-0.05, 0) is 18.8 Å². The SMILES string of the molecule is CCC1CCCN(C(=O)c2nc(C(C)C)ncc2N)C1. The monoisotopic (exact) mass is 276 g/mol. The van der Waals surface area contributed by atoms with Gasteiger partial charge in [-0.15, -0.1) is 0 Å². The molecule has 110 valence electrons. The zero-order chi connectivity index (χ0) is 14.7. The molecular formula is C15H24N4O. The summed E-state index contributed by atoms with van der Waals surface area (Å²) in [5.41, 5.74) is 6.63. The number of nitrogens with two attached hydrogens (primary N) is 1. The van der Waals surface area contributed by atoms with E-state index in [2.05, 4.69) is 16.9 Å². The van der Waals surface area contributed by atoms with Crippen LogP contribution in [0.1, 0.15) is 62.3 Å². The van der Waals surface area contributed by atoms with Crippen LogP contribution in [-0.2, 0) is 0 Å². The van der Waals surface area contributed by atoms with Crippen molar-refractivity contribution in [2.75, 3.05) is 18.8 Å². The highest BCUT2D eigenvalue weighted by Gasteiger charge is 2.26. The standard InChI is InChI=1S/C15H24N4O/c1-4-11-6-5-7-19(9-11)15(20)13-12(16)8-17-14(18-13)10(2)3/h8,10-11H,4-7,9,16H2,1-3H3. The van der Waals surface area contributed by atoms with Gasteiger partial charge in [-0.3, -0.25) is 4.79 Å². The zero-order valence-electron chi connectivity index (χ0n) is 12.6. The average Bonchev–Trinajstić information content (AvgIpc) is 2.46. The summed E-state index contributed by atoms with van der Waals surface area (Å²) >= 11 is 0. The molecule has 20 heavy (non-hydrogen) atoms.